The molecule has 3 aromatic rings. The number of furan rings is 1. The number of nitrogens with one attached hydrogen (secondary N) is 1. The Morgan fingerprint density at radius 3 is 2.78 bits per heavy atom. The minimum atomic E-state index is -0.312. The van der Waals surface area contributed by atoms with E-state index in [1.807, 2.05) is 25.2 Å². The van der Waals surface area contributed by atoms with Gasteiger partial charge in [0.15, 0.2) is 5.76 Å². The molecule has 3 rings (SSSR count). The molecule has 0 aliphatic carbocycles. The zero-order valence-corrected chi connectivity index (χ0v) is 12.6. The van der Waals surface area contributed by atoms with Crippen LogP contribution in [0.3, 0.4) is 0 Å². The lowest BCUT2D eigenvalue weighted by atomic mass is 10.1. The Balaban J connectivity index is 1.59. The quantitative estimate of drug-likeness (QED) is 0.788. The summed E-state index contributed by atoms with van der Waals surface area (Å²) in [5.74, 6) is 0.277. The molecule has 0 aliphatic heterocycles. The van der Waals surface area contributed by atoms with Gasteiger partial charge in [0.2, 0.25) is 5.91 Å². The van der Waals surface area contributed by atoms with Crippen LogP contribution in [0, 0.1) is 5.82 Å². The third-order valence-corrected chi connectivity index (χ3v) is 3.45. The summed E-state index contributed by atoms with van der Waals surface area (Å²) in [6, 6.07) is 11.4. The molecule has 1 aromatic carbocycles. The number of aromatic nitrogens is 2. The molecular formula is C17H16FN3O2. The van der Waals surface area contributed by atoms with E-state index in [1.165, 1.54) is 12.1 Å². The zero-order valence-electron chi connectivity index (χ0n) is 12.6. The maximum absolute atomic E-state index is 12.8. The van der Waals surface area contributed by atoms with Crippen molar-refractivity contribution in [3.05, 3.63) is 65.8 Å². The minimum absolute atomic E-state index is 0.137. The van der Waals surface area contributed by atoms with Crippen LogP contribution in [0.1, 0.15) is 11.3 Å². The topological polar surface area (TPSA) is 60.1 Å². The van der Waals surface area contributed by atoms with Gasteiger partial charge in [0.05, 0.1) is 24.9 Å². The molecular weight excluding hydrogens is 297 g/mol. The molecule has 6 heteroatoms. The molecule has 0 saturated heterocycles. The summed E-state index contributed by atoms with van der Waals surface area (Å²) in [5.41, 5.74) is 2.35. The van der Waals surface area contributed by atoms with Crippen molar-refractivity contribution in [1.82, 2.24) is 15.1 Å². The summed E-state index contributed by atoms with van der Waals surface area (Å²) in [6.45, 7) is 0.328. The zero-order chi connectivity index (χ0) is 16.2. The van der Waals surface area contributed by atoms with E-state index in [-0.39, 0.29) is 18.1 Å². The Bertz CT molecular complexity index is 792. The Hall–Kier alpha value is -2.89. The molecule has 118 valence electrons. The summed E-state index contributed by atoms with van der Waals surface area (Å²) in [7, 11) is 1.82. The molecule has 0 unspecified atom stereocenters. The van der Waals surface area contributed by atoms with E-state index in [0.29, 0.717) is 6.54 Å². The number of hydrogen-bond acceptors (Lipinski definition) is 3. The first-order valence-corrected chi connectivity index (χ1v) is 7.20. The van der Waals surface area contributed by atoms with E-state index in [9.17, 15) is 9.18 Å². The summed E-state index contributed by atoms with van der Waals surface area (Å²) < 4.78 is 19.9. The lowest BCUT2D eigenvalue weighted by Gasteiger charge is -2.03. The maximum atomic E-state index is 12.8. The fourth-order valence-corrected chi connectivity index (χ4v) is 2.31. The molecule has 0 fully saturated rings. The van der Waals surface area contributed by atoms with Gasteiger partial charge in [-0.25, -0.2) is 4.39 Å². The van der Waals surface area contributed by atoms with Crippen LogP contribution in [0.15, 0.2) is 53.1 Å². The Morgan fingerprint density at radius 2 is 2.09 bits per heavy atom. The molecule has 2 heterocycles. The van der Waals surface area contributed by atoms with Crippen LogP contribution < -0.4 is 5.32 Å². The predicted octanol–water partition coefficient (Wildman–Crippen LogP) is 2.68. The first-order chi connectivity index (χ1) is 11.1. The number of amides is 1. The molecule has 0 bridgehead atoms. The number of aryl methyl sites for hydroxylation is 1. The smallest absolute Gasteiger partial charge is 0.224 e. The van der Waals surface area contributed by atoms with Crippen molar-refractivity contribution in [1.29, 1.82) is 0 Å². The van der Waals surface area contributed by atoms with Crippen LogP contribution in [0.5, 0.6) is 0 Å². The van der Waals surface area contributed by atoms with Crippen molar-refractivity contribution in [3.8, 4) is 11.5 Å². The normalized spacial score (nSPS) is 10.7. The molecule has 1 amide bonds. The first kappa shape index (κ1) is 15.0. The van der Waals surface area contributed by atoms with Crippen LogP contribution >= 0.6 is 0 Å². The highest BCUT2D eigenvalue weighted by Crippen LogP contribution is 2.20. The van der Waals surface area contributed by atoms with Crippen LogP contribution in [-0.4, -0.2) is 15.7 Å². The van der Waals surface area contributed by atoms with E-state index < -0.39 is 0 Å². The third-order valence-electron chi connectivity index (χ3n) is 3.45. The average Bonchev–Trinajstić information content (AvgIpc) is 3.17. The van der Waals surface area contributed by atoms with Crippen molar-refractivity contribution >= 4 is 5.91 Å². The number of rotatable bonds is 5. The molecule has 2 aromatic heterocycles. The molecule has 0 saturated carbocycles. The standard InChI is InChI=1S/C17H16FN3O2/c1-21-15(16-3-2-8-23-16)10-14(20-21)11-19-17(22)9-12-4-6-13(18)7-5-12/h2-8,10H,9,11H2,1H3,(H,19,22). The molecule has 0 spiro atoms. The fraction of sp³-hybridized carbons (Fsp3) is 0.176. The van der Waals surface area contributed by atoms with E-state index >= 15 is 0 Å². The number of nitrogens with zero attached hydrogens (tertiary/aromatic N) is 2. The summed E-state index contributed by atoms with van der Waals surface area (Å²) in [5, 5.41) is 7.16. The van der Waals surface area contributed by atoms with Gasteiger partial charge >= 0.3 is 0 Å². The Kier molecular flexibility index (Phi) is 4.23. The van der Waals surface area contributed by atoms with Crippen molar-refractivity contribution in [2.24, 2.45) is 7.05 Å². The predicted molar refractivity (Wildman–Crippen MR) is 82.9 cm³/mol. The van der Waals surface area contributed by atoms with Gasteiger partial charge in [0.25, 0.3) is 0 Å². The second-order valence-electron chi connectivity index (χ2n) is 5.20. The molecule has 0 atom stereocenters. The number of carbonyl (C=O) groups is 1. The van der Waals surface area contributed by atoms with Gasteiger partial charge < -0.3 is 9.73 Å². The van der Waals surface area contributed by atoms with Crippen LogP contribution in [0.4, 0.5) is 4.39 Å². The van der Waals surface area contributed by atoms with E-state index in [0.717, 1.165) is 22.7 Å². The van der Waals surface area contributed by atoms with E-state index in [4.69, 9.17) is 4.42 Å². The maximum Gasteiger partial charge on any atom is 0.224 e. The van der Waals surface area contributed by atoms with Crippen LogP contribution in [-0.2, 0) is 24.8 Å². The number of halogens is 1. The molecule has 0 aliphatic rings. The summed E-state index contributed by atoms with van der Waals surface area (Å²) >= 11 is 0. The molecule has 0 radical (unpaired) electrons. The molecule has 1 N–H and O–H groups in total. The van der Waals surface area contributed by atoms with Crippen molar-refractivity contribution in [2.75, 3.05) is 0 Å². The monoisotopic (exact) mass is 313 g/mol. The van der Waals surface area contributed by atoms with Gasteiger partial charge in [0, 0.05) is 7.05 Å². The van der Waals surface area contributed by atoms with Gasteiger partial charge in [-0.05, 0) is 35.9 Å². The van der Waals surface area contributed by atoms with Gasteiger partial charge in [-0.15, -0.1) is 0 Å². The summed E-state index contributed by atoms with van der Waals surface area (Å²) in [6.07, 6.45) is 1.81. The fourth-order valence-electron chi connectivity index (χ4n) is 2.31. The van der Waals surface area contributed by atoms with Gasteiger partial charge in [-0.2, -0.15) is 5.10 Å². The van der Waals surface area contributed by atoms with Crippen LogP contribution in [0.25, 0.3) is 11.5 Å². The van der Waals surface area contributed by atoms with Crippen molar-refractivity contribution < 1.29 is 13.6 Å². The highest BCUT2D eigenvalue weighted by atomic mass is 19.1. The number of carbonyl (C=O) groups excluding carboxylic acids is 1. The van der Waals surface area contributed by atoms with Crippen molar-refractivity contribution in [2.45, 2.75) is 13.0 Å². The lowest BCUT2D eigenvalue weighted by Crippen LogP contribution is -2.24. The molecule has 5 nitrogen and oxygen atoms in total. The SMILES string of the molecule is Cn1nc(CNC(=O)Cc2ccc(F)cc2)cc1-c1ccco1. The van der Waals surface area contributed by atoms with Crippen molar-refractivity contribution in [3.63, 3.8) is 0 Å². The highest BCUT2D eigenvalue weighted by molar-refractivity contribution is 5.78. The second-order valence-corrected chi connectivity index (χ2v) is 5.20. The Morgan fingerprint density at radius 1 is 1.30 bits per heavy atom. The third kappa shape index (κ3) is 3.66. The van der Waals surface area contributed by atoms with Gasteiger partial charge in [-0.1, -0.05) is 12.1 Å². The second kappa shape index (κ2) is 6.48. The van der Waals surface area contributed by atoms with Gasteiger partial charge in [0.1, 0.15) is 11.5 Å². The minimum Gasteiger partial charge on any atom is -0.463 e. The lowest BCUT2D eigenvalue weighted by molar-refractivity contribution is -0.120. The van der Waals surface area contributed by atoms with Gasteiger partial charge in [-0.3, -0.25) is 9.48 Å². The van der Waals surface area contributed by atoms with Crippen LogP contribution in [0.2, 0.25) is 0 Å². The first-order valence-electron chi connectivity index (χ1n) is 7.20. The highest BCUT2D eigenvalue weighted by Gasteiger charge is 2.10. The summed E-state index contributed by atoms with van der Waals surface area (Å²) in [4.78, 5) is 11.9. The van der Waals surface area contributed by atoms with E-state index in [1.54, 1.807) is 23.1 Å². The number of hydrogen-bond donors (Lipinski definition) is 1. The van der Waals surface area contributed by atoms with E-state index in [2.05, 4.69) is 10.4 Å². The average molecular weight is 313 g/mol. The largest absolute Gasteiger partial charge is 0.463 e. The molecule has 23 heavy (non-hydrogen) atoms. The Labute approximate surface area is 132 Å². The number of benzene rings is 1.